The topological polar surface area (TPSA) is 66.8 Å². The molecule has 2 saturated heterocycles. The van der Waals surface area contributed by atoms with Crippen molar-refractivity contribution in [1.82, 2.24) is 4.90 Å². The van der Waals surface area contributed by atoms with Gasteiger partial charge in [0.2, 0.25) is 5.91 Å². The van der Waals surface area contributed by atoms with Crippen molar-refractivity contribution < 1.29 is 19.4 Å². The van der Waals surface area contributed by atoms with E-state index in [9.17, 15) is 9.59 Å². The number of carbonyl (C=O) groups excluding carboxylic acids is 1. The highest BCUT2D eigenvalue weighted by molar-refractivity contribution is 5.83. The molecule has 0 bridgehead atoms. The Labute approximate surface area is 112 Å². The maximum Gasteiger partial charge on any atom is 0.308 e. The van der Waals surface area contributed by atoms with Gasteiger partial charge < -0.3 is 14.7 Å². The zero-order chi connectivity index (χ0) is 13.5. The highest BCUT2D eigenvalue weighted by Crippen LogP contribution is 2.59. The minimum absolute atomic E-state index is 0.129. The van der Waals surface area contributed by atoms with Crippen molar-refractivity contribution in [2.24, 2.45) is 17.3 Å². The molecule has 3 fully saturated rings. The molecule has 0 unspecified atom stereocenters. The summed E-state index contributed by atoms with van der Waals surface area (Å²) in [6, 6.07) is 0. The molecule has 2 aliphatic heterocycles. The molecule has 0 aromatic carbocycles. The van der Waals surface area contributed by atoms with E-state index in [1.54, 1.807) is 4.90 Å². The molecule has 5 heteroatoms. The van der Waals surface area contributed by atoms with Gasteiger partial charge in [0.1, 0.15) is 0 Å². The monoisotopic (exact) mass is 267 g/mol. The molecule has 106 valence electrons. The van der Waals surface area contributed by atoms with Crippen LogP contribution in [0.4, 0.5) is 0 Å². The first kappa shape index (κ1) is 12.9. The van der Waals surface area contributed by atoms with Crippen molar-refractivity contribution in [2.45, 2.75) is 32.1 Å². The molecule has 0 aromatic rings. The van der Waals surface area contributed by atoms with E-state index >= 15 is 0 Å². The number of amides is 1. The molecule has 0 radical (unpaired) electrons. The Bertz CT molecular complexity index is 389. The second-order valence-corrected chi connectivity index (χ2v) is 6.19. The average molecular weight is 267 g/mol. The zero-order valence-corrected chi connectivity index (χ0v) is 11.1. The smallest absolute Gasteiger partial charge is 0.308 e. The fourth-order valence-corrected chi connectivity index (χ4v) is 3.63. The molecule has 1 saturated carbocycles. The fraction of sp³-hybridized carbons (Fsp3) is 0.857. The van der Waals surface area contributed by atoms with Crippen molar-refractivity contribution in [1.29, 1.82) is 0 Å². The van der Waals surface area contributed by atoms with Crippen LogP contribution in [0.15, 0.2) is 0 Å². The van der Waals surface area contributed by atoms with Gasteiger partial charge >= 0.3 is 5.97 Å². The van der Waals surface area contributed by atoms with Crippen LogP contribution in [-0.4, -0.2) is 48.2 Å². The lowest BCUT2D eigenvalue weighted by Crippen LogP contribution is -2.43. The molecule has 0 aromatic heterocycles. The first-order valence-corrected chi connectivity index (χ1v) is 7.22. The van der Waals surface area contributed by atoms with Crippen LogP contribution in [0, 0.1) is 17.3 Å². The van der Waals surface area contributed by atoms with Crippen molar-refractivity contribution in [3.63, 3.8) is 0 Å². The molecule has 2 heterocycles. The number of rotatable bonds is 2. The third-order valence-corrected chi connectivity index (χ3v) is 5.06. The van der Waals surface area contributed by atoms with E-state index < -0.39 is 5.97 Å². The van der Waals surface area contributed by atoms with Crippen molar-refractivity contribution in [2.75, 3.05) is 26.3 Å². The van der Waals surface area contributed by atoms with Crippen LogP contribution in [-0.2, 0) is 14.3 Å². The highest BCUT2D eigenvalue weighted by atomic mass is 16.5. The van der Waals surface area contributed by atoms with E-state index in [2.05, 4.69) is 0 Å². The summed E-state index contributed by atoms with van der Waals surface area (Å²) in [5.41, 5.74) is 0.186. The summed E-state index contributed by atoms with van der Waals surface area (Å²) in [6.45, 7) is 2.66. The Kier molecular flexibility index (Phi) is 3.25. The van der Waals surface area contributed by atoms with Gasteiger partial charge in [-0.3, -0.25) is 9.59 Å². The first-order valence-electron chi connectivity index (χ1n) is 7.22. The summed E-state index contributed by atoms with van der Waals surface area (Å²) in [5, 5.41) is 9.08. The van der Waals surface area contributed by atoms with Gasteiger partial charge in [-0.1, -0.05) is 0 Å². The van der Waals surface area contributed by atoms with Gasteiger partial charge in [0.05, 0.1) is 5.92 Å². The number of carboxylic acids is 1. The second kappa shape index (κ2) is 4.78. The van der Waals surface area contributed by atoms with E-state index in [1.807, 2.05) is 0 Å². The number of ether oxygens (including phenoxy) is 1. The number of nitrogens with zero attached hydrogens (tertiary/aromatic N) is 1. The van der Waals surface area contributed by atoms with E-state index in [1.165, 1.54) is 0 Å². The molecule has 19 heavy (non-hydrogen) atoms. The van der Waals surface area contributed by atoms with Crippen LogP contribution < -0.4 is 0 Å². The van der Waals surface area contributed by atoms with Crippen LogP contribution in [0.2, 0.25) is 0 Å². The molecule has 2 atom stereocenters. The van der Waals surface area contributed by atoms with Crippen molar-refractivity contribution in [3.05, 3.63) is 0 Å². The summed E-state index contributed by atoms with van der Waals surface area (Å²) in [4.78, 5) is 25.3. The van der Waals surface area contributed by atoms with Gasteiger partial charge in [0.25, 0.3) is 0 Å². The quantitative estimate of drug-likeness (QED) is 0.814. The summed E-state index contributed by atoms with van der Waals surface area (Å²) in [7, 11) is 0. The lowest BCUT2D eigenvalue weighted by molar-refractivity contribution is -0.146. The summed E-state index contributed by atoms with van der Waals surface area (Å²) >= 11 is 0. The number of carboxylic acid groups (broad SMARTS) is 1. The minimum atomic E-state index is -0.769. The summed E-state index contributed by atoms with van der Waals surface area (Å²) in [5.74, 6) is -0.826. The number of piperidine rings is 1. The lowest BCUT2D eigenvalue weighted by Gasteiger charge is -2.32. The number of likely N-dealkylation sites (tertiary alicyclic amines) is 1. The molecule has 1 spiro atoms. The van der Waals surface area contributed by atoms with Crippen LogP contribution in [0.5, 0.6) is 0 Å². The van der Waals surface area contributed by atoms with E-state index in [0.29, 0.717) is 13.0 Å². The fourth-order valence-electron chi connectivity index (χ4n) is 3.63. The summed E-state index contributed by atoms with van der Waals surface area (Å²) in [6.07, 6.45) is 4.46. The summed E-state index contributed by atoms with van der Waals surface area (Å²) < 4.78 is 5.36. The van der Waals surface area contributed by atoms with Gasteiger partial charge in [0, 0.05) is 32.2 Å². The van der Waals surface area contributed by atoms with Gasteiger partial charge in [-0.05, 0) is 37.5 Å². The van der Waals surface area contributed by atoms with Crippen LogP contribution in [0.1, 0.15) is 32.1 Å². The van der Waals surface area contributed by atoms with Gasteiger partial charge in [-0.15, -0.1) is 0 Å². The number of hydrogen-bond donors (Lipinski definition) is 1. The van der Waals surface area contributed by atoms with Gasteiger partial charge in [-0.2, -0.15) is 0 Å². The largest absolute Gasteiger partial charge is 0.481 e. The van der Waals surface area contributed by atoms with Crippen LogP contribution >= 0.6 is 0 Å². The Morgan fingerprint density at radius 2 is 2.00 bits per heavy atom. The molecule has 3 aliphatic rings. The standard InChI is InChI=1S/C14H21NO4/c16-12(11-8-14(11)3-6-19-7-4-14)15-5-1-2-10(9-15)13(17)18/h10-11H,1-9H2,(H,17,18)/t10-,11-/m0/s1. The second-order valence-electron chi connectivity index (χ2n) is 6.19. The molecule has 1 amide bonds. The van der Waals surface area contributed by atoms with E-state index in [0.717, 1.165) is 45.4 Å². The molecular formula is C14H21NO4. The highest BCUT2D eigenvalue weighted by Gasteiger charge is 2.59. The molecule has 3 rings (SSSR count). The maximum atomic E-state index is 12.5. The molecule has 5 nitrogen and oxygen atoms in total. The first-order chi connectivity index (χ1) is 9.12. The van der Waals surface area contributed by atoms with Gasteiger partial charge in [-0.25, -0.2) is 0 Å². The number of hydrogen-bond acceptors (Lipinski definition) is 3. The zero-order valence-electron chi connectivity index (χ0n) is 11.1. The Morgan fingerprint density at radius 3 is 2.68 bits per heavy atom. The van der Waals surface area contributed by atoms with Crippen LogP contribution in [0.25, 0.3) is 0 Å². The Morgan fingerprint density at radius 1 is 1.26 bits per heavy atom. The van der Waals surface area contributed by atoms with Gasteiger partial charge in [0.15, 0.2) is 0 Å². The van der Waals surface area contributed by atoms with Crippen molar-refractivity contribution in [3.8, 4) is 0 Å². The predicted octanol–water partition coefficient (Wildman–Crippen LogP) is 1.13. The normalized spacial score (nSPS) is 33.2. The Balaban J connectivity index is 1.60. The predicted molar refractivity (Wildman–Crippen MR) is 67.5 cm³/mol. The molecule has 1 N–H and O–H groups in total. The minimum Gasteiger partial charge on any atom is -0.481 e. The Hall–Kier alpha value is -1.10. The van der Waals surface area contributed by atoms with E-state index in [4.69, 9.17) is 9.84 Å². The third kappa shape index (κ3) is 2.36. The third-order valence-electron chi connectivity index (χ3n) is 5.06. The number of carbonyl (C=O) groups is 2. The maximum absolute atomic E-state index is 12.5. The van der Waals surface area contributed by atoms with Crippen LogP contribution in [0.3, 0.4) is 0 Å². The lowest BCUT2D eigenvalue weighted by atomic mass is 9.92. The molecule has 1 aliphatic carbocycles. The van der Waals surface area contributed by atoms with E-state index in [-0.39, 0.29) is 23.2 Å². The number of aliphatic carboxylic acids is 1. The average Bonchev–Trinajstić information content (AvgIpc) is 3.12. The molecular weight excluding hydrogens is 246 g/mol. The van der Waals surface area contributed by atoms with Crippen molar-refractivity contribution >= 4 is 11.9 Å². The SMILES string of the molecule is O=C(O)[C@H]1CCCN(C(=O)[C@@H]2CC23CCOCC3)C1.